The number of benzene rings is 1. The molecule has 1 aromatic carbocycles. The zero-order valence-corrected chi connectivity index (χ0v) is 6.29. The van der Waals surface area contributed by atoms with Crippen LogP contribution in [0.2, 0.25) is 0 Å². The van der Waals surface area contributed by atoms with Crippen molar-refractivity contribution in [3.05, 3.63) is 35.4 Å². The Labute approximate surface area is 66.0 Å². The number of hydrogen-bond donors (Lipinski definition) is 0. The first-order chi connectivity index (χ1) is 5.45. The van der Waals surface area contributed by atoms with E-state index in [4.69, 9.17) is 4.74 Å². The van der Waals surface area contributed by atoms with Crippen LogP contribution in [0, 0.1) is 0 Å². The highest BCUT2D eigenvalue weighted by molar-refractivity contribution is 5.35. The average molecular weight is 146 g/mol. The van der Waals surface area contributed by atoms with Crippen molar-refractivity contribution in [1.29, 1.82) is 0 Å². The summed E-state index contributed by atoms with van der Waals surface area (Å²) in [5, 5.41) is 0. The lowest BCUT2D eigenvalue weighted by Gasteiger charge is -2.09. The number of aryl methyl sites for hydroxylation is 1. The van der Waals surface area contributed by atoms with Gasteiger partial charge in [0.25, 0.3) is 0 Å². The summed E-state index contributed by atoms with van der Waals surface area (Å²) in [4.78, 5) is 0. The Morgan fingerprint density at radius 1 is 1.27 bits per heavy atom. The highest BCUT2D eigenvalue weighted by Gasteiger charge is 2.43. The number of hydrogen-bond acceptors (Lipinski definition) is 1. The lowest BCUT2D eigenvalue weighted by molar-refractivity contribution is 0.373. The van der Waals surface area contributed by atoms with Crippen LogP contribution in [0.1, 0.15) is 23.7 Å². The van der Waals surface area contributed by atoms with Gasteiger partial charge in [0.05, 0.1) is 6.10 Å². The van der Waals surface area contributed by atoms with E-state index in [1.165, 1.54) is 24.0 Å². The van der Waals surface area contributed by atoms with E-state index in [1.807, 2.05) is 0 Å². The first-order valence-corrected chi connectivity index (χ1v) is 4.18. The lowest BCUT2D eigenvalue weighted by Crippen LogP contribution is -2.03. The highest BCUT2D eigenvalue weighted by atomic mass is 16.6. The third-order valence-electron chi connectivity index (χ3n) is 2.64. The fraction of sp³-hybridized carbons (Fsp3) is 0.400. The molecule has 0 saturated carbocycles. The minimum absolute atomic E-state index is 0.458. The third kappa shape index (κ3) is 0.746. The maximum absolute atomic E-state index is 5.50. The molecule has 1 heterocycles. The zero-order chi connectivity index (χ0) is 7.26. The molecule has 1 heteroatoms. The molecule has 0 spiro atoms. The van der Waals surface area contributed by atoms with E-state index < -0.39 is 0 Å². The maximum Gasteiger partial charge on any atom is 0.109 e. The Bertz CT molecular complexity index is 293. The third-order valence-corrected chi connectivity index (χ3v) is 2.64. The summed E-state index contributed by atoms with van der Waals surface area (Å²) >= 11 is 0. The fourth-order valence-electron chi connectivity index (χ4n) is 1.97. The highest BCUT2D eigenvalue weighted by Crippen LogP contribution is 2.46. The maximum atomic E-state index is 5.50. The SMILES string of the molecule is c1ccc2c(c1)CC[C@H]1O[C@H]21. The van der Waals surface area contributed by atoms with Crippen molar-refractivity contribution in [1.82, 2.24) is 0 Å². The molecule has 2 atom stereocenters. The van der Waals surface area contributed by atoms with Gasteiger partial charge in [-0.3, -0.25) is 0 Å². The van der Waals surface area contributed by atoms with Crippen molar-refractivity contribution in [3.63, 3.8) is 0 Å². The molecule has 0 radical (unpaired) electrons. The molecule has 0 unspecified atom stereocenters. The van der Waals surface area contributed by atoms with Crippen LogP contribution in [0.5, 0.6) is 0 Å². The van der Waals surface area contributed by atoms with Gasteiger partial charge in [-0.2, -0.15) is 0 Å². The van der Waals surface area contributed by atoms with Crippen LogP contribution in [0.4, 0.5) is 0 Å². The second kappa shape index (κ2) is 1.86. The second-order valence-electron chi connectivity index (χ2n) is 3.33. The van der Waals surface area contributed by atoms with Gasteiger partial charge in [-0.15, -0.1) is 0 Å². The monoisotopic (exact) mass is 146 g/mol. The summed E-state index contributed by atoms with van der Waals surface area (Å²) in [5.41, 5.74) is 2.93. The molecule has 56 valence electrons. The van der Waals surface area contributed by atoms with E-state index >= 15 is 0 Å². The minimum atomic E-state index is 0.458. The Hall–Kier alpha value is -0.820. The van der Waals surface area contributed by atoms with Crippen molar-refractivity contribution in [3.8, 4) is 0 Å². The molecule has 0 amide bonds. The molecule has 2 aliphatic rings. The second-order valence-corrected chi connectivity index (χ2v) is 3.33. The van der Waals surface area contributed by atoms with Crippen LogP contribution in [0.3, 0.4) is 0 Å². The molecule has 11 heavy (non-hydrogen) atoms. The smallest absolute Gasteiger partial charge is 0.109 e. The molecule has 1 nitrogen and oxygen atoms in total. The van der Waals surface area contributed by atoms with Crippen molar-refractivity contribution >= 4 is 0 Å². The van der Waals surface area contributed by atoms with Gasteiger partial charge in [0.1, 0.15) is 6.10 Å². The van der Waals surface area contributed by atoms with Crippen molar-refractivity contribution in [2.24, 2.45) is 0 Å². The van der Waals surface area contributed by atoms with Crippen LogP contribution >= 0.6 is 0 Å². The molecule has 1 fully saturated rings. The predicted octanol–water partition coefficient (Wildman–Crippen LogP) is 2.07. The van der Waals surface area contributed by atoms with Crippen LogP contribution < -0.4 is 0 Å². The normalized spacial score (nSPS) is 32.4. The minimum Gasteiger partial charge on any atom is -0.364 e. The Kier molecular flexibility index (Phi) is 0.977. The van der Waals surface area contributed by atoms with Crippen LogP contribution in [0.25, 0.3) is 0 Å². The van der Waals surface area contributed by atoms with E-state index in [2.05, 4.69) is 24.3 Å². The summed E-state index contributed by atoms with van der Waals surface area (Å²) in [6, 6.07) is 8.62. The first-order valence-electron chi connectivity index (χ1n) is 4.18. The van der Waals surface area contributed by atoms with Gasteiger partial charge in [0, 0.05) is 0 Å². The number of epoxide rings is 1. The summed E-state index contributed by atoms with van der Waals surface area (Å²) in [6.07, 6.45) is 3.45. The molecule has 3 rings (SSSR count). The Morgan fingerprint density at radius 2 is 2.18 bits per heavy atom. The van der Waals surface area contributed by atoms with Gasteiger partial charge in [-0.05, 0) is 24.0 Å². The zero-order valence-electron chi connectivity index (χ0n) is 6.29. The van der Waals surface area contributed by atoms with E-state index in [9.17, 15) is 0 Å². The molecule has 1 aromatic rings. The van der Waals surface area contributed by atoms with Crippen molar-refractivity contribution in [2.75, 3.05) is 0 Å². The summed E-state index contributed by atoms with van der Waals surface area (Å²) in [7, 11) is 0. The molecular formula is C10H10O. The molecular weight excluding hydrogens is 136 g/mol. The molecule has 1 aliphatic heterocycles. The van der Waals surface area contributed by atoms with E-state index in [0.29, 0.717) is 12.2 Å². The van der Waals surface area contributed by atoms with Crippen molar-refractivity contribution in [2.45, 2.75) is 25.0 Å². The summed E-state index contributed by atoms with van der Waals surface area (Å²) in [6.45, 7) is 0. The lowest BCUT2D eigenvalue weighted by atomic mass is 9.92. The predicted molar refractivity (Wildman–Crippen MR) is 42.4 cm³/mol. The van der Waals surface area contributed by atoms with Gasteiger partial charge in [0.2, 0.25) is 0 Å². The Morgan fingerprint density at radius 3 is 3.18 bits per heavy atom. The van der Waals surface area contributed by atoms with E-state index in [1.54, 1.807) is 0 Å². The van der Waals surface area contributed by atoms with Gasteiger partial charge in [-0.1, -0.05) is 24.3 Å². The summed E-state index contributed by atoms with van der Waals surface area (Å²) < 4.78 is 5.50. The standard InChI is InChI=1S/C10H10O/c1-2-4-8-7(3-1)5-6-9-10(8)11-9/h1-4,9-10H,5-6H2/t9-,10-/m1/s1. The van der Waals surface area contributed by atoms with Gasteiger partial charge in [-0.25, -0.2) is 0 Å². The van der Waals surface area contributed by atoms with Gasteiger partial charge in [0.15, 0.2) is 0 Å². The van der Waals surface area contributed by atoms with E-state index in [-0.39, 0.29) is 0 Å². The van der Waals surface area contributed by atoms with Gasteiger partial charge >= 0.3 is 0 Å². The Balaban J connectivity index is 2.14. The number of ether oxygens (including phenoxy) is 1. The quantitative estimate of drug-likeness (QED) is 0.510. The largest absolute Gasteiger partial charge is 0.364 e. The first kappa shape index (κ1) is 5.78. The topological polar surface area (TPSA) is 12.5 Å². The van der Waals surface area contributed by atoms with E-state index in [0.717, 1.165) is 0 Å². The molecule has 0 bridgehead atoms. The molecule has 0 aromatic heterocycles. The van der Waals surface area contributed by atoms with Crippen molar-refractivity contribution < 1.29 is 4.74 Å². The van der Waals surface area contributed by atoms with Gasteiger partial charge < -0.3 is 4.74 Å². The molecule has 1 aliphatic carbocycles. The summed E-state index contributed by atoms with van der Waals surface area (Å²) in [5.74, 6) is 0. The fourth-order valence-corrected chi connectivity index (χ4v) is 1.97. The molecule has 0 N–H and O–H groups in total. The number of fused-ring (bicyclic) bond motifs is 3. The van der Waals surface area contributed by atoms with Crippen LogP contribution in [0.15, 0.2) is 24.3 Å². The van der Waals surface area contributed by atoms with Crippen LogP contribution in [-0.2, 0) is 11.2 Å². The average Bonchev–Trinajstić information content (AvgIpc) is 2.83. The number of rotatable bonds is 0. The molecule has 1 saturated heterocycles. The van der Waals surface area contributed by atoms with Crippen LogP contribution in [-0.4, -0.2) is 6.10 Å².